The summed E-state index contributed by atoms with van der Waals surface area (Å²) >= 11 is 0. The highest BCUT2D eigenvalue weighted by molar-refractivity contribution is 7.92. The Morgan fingerprint density at radius 1 is 0.789 bits per heavy atom. The molecule has 0 radical (unpaired) electrons. The molecule has 0 saturated carbocycles. The Morgan fingerprint density at radius 3 is 2.05 bits per heavy atom. The number of nitrogens with zero attached hydrogens (tertiary/aromatic N) is 1. The van der Waals surface area contributed by atoms with Crippen LogP contribution in [0, 0.1) is 27.7 Å². The number of hydrogen-bond donors (Lipinski definition) is 1. The lowest BCUT2D eigenvalue weighted by Gasteiger charge is -2.25. The van der Waals surface area contributed by atoms with Crippen LogP contribution in [0.4, 0.5) is 5.69 Å². The van der Waals surface area contributed by atoms with E-state index in [4.69, 9.17) is 0 Å². The summed E-state index contributed by atoms with van der Waals surface area (Å²) in [5.41, 5.74) is 8.17. The summed E-state index contributed by atoms with van der Waals surface area (Å²) in [5, 5.41) is 3.20. The van der Waals surface area contributed by atoms with E-state index in [-0.39, 0.29) is 18.5 Å². The first kappa shape index (κ1) is 27.1. The van der Waals surface area contributed by atoms with Crippen molar-refractivity contribution >= 4 is 21.6 Å². The Hall–Kier alpha value is -3.90. The molecule has 4 aromatic carbocycles. The summed E-state index contributed by atoms with van der Waals surface area (Å²) in [6.07, 6.45) is 1.22. The van der Waals surface area contributed by atoms with Gasteiger partial charge >= 0.3 is 0 Å². The number of carbonyl (C=O) groups excluding carboxylic acids is 1. The van der Waals surface area contributed by atoms with E-state index in [2.05, 4.69) is 37.4 Å². The van der Waals surface area contributed by atoms with Gasteiger partial charge < -0.3 is 5.32 Å². The van der Waals surface area contributed by atoms with E-state index in [1.54, 1.807) is 12.1 Å². The number of benzene rings is 4. The predicted molar refractivity (Wildman–Crippen MR) is 155 cm³/mol. The molecule has 38 heavy (non-hydrogen) atoms. The fourth-order valence-electron chi connectivity index (χ4n) is 4.65. The molecule has 4 aromatic rings. The molecule has 6 heteroatoms. The molecular formula is C32H34N2O3S. The summed E-state index contributed by atoms with van der Waals surface area (Å²) in [7, 11) is -3.51. The summed E-state index contributed by atoms with van der Waals surface area (Å²) in [4.78, 5) is 13.4. The average Bonchev–Trinajstić information content (AvgIpc) is 2.88. The quantitative estimate of drug-likeness (QED) is 0.289. The topological polar surface area (TPSA) is 66.5 Å². The number of anilines is 1. The first-order valence-corrected chi connectivity index (χ1v) is 14.4. The van der Waals surface area contributed by atoms with E-state index in [0.717, 1.165) is 33.4 Å². The molecule has 1 N–H and O–H groups in total. The van der Waals surface area contributed by atoms with E-state index in [0.29, 0.717) is 11.3 Å². The summed E-state index contributed by atoms with van der Waals surface area (Å²) in [6, 6.07) is 28.8. The number of aryl methyl sites for hydroxylation is 4. The summed E-state index contributed by atoms with van der Waals surface area (Å²) in [5.74, 6) is -0.195. The minimum Gasteiger partial charge on any atom is -0.341 e. The average molecular weight is 527 g/mol. The van der Waals surface area contributed by atoms with Crippen molar-refractivity contribution in [2.24, 2.45) is 0 Å². The molecule has 0 heterocycles. The van der Waals surface area contributed by atoms with Crippen LogP contribution in [-0.2, 0) is 16.6 Å². The van der Waals surface area contributed by atoms with Gasteiger partial charge in [0.25, 0.3) is 5.91 Å². The second-order valence-corrected chi connectivity index (χ2v) is 11.8. The van der Waals surface area contributed by atoms with Crippen molar-refractivity contribution in [3.63, 3.8) is 0 Å². The van der Waals surface area contributed by atoms with Crippen LogP contribution < -0.4 is 9.62 Å². The zero-order valence-corrected chi connectivity index (χ0v) is 23.3. The van der Waals surface area contributed by atoms with Crippen LogP contribution in [0.15, 0.2) is 91.0 Å². The monoisotopic (exact) mass is 526 g/mol. The number of rotatable bonds is 8. The SMILES string of the molecule is Cc1ccc(C(NC(=O)c2ccc(CN(c3cc(C)ccc3C)S(C)(=O)=O)cc2)c2ccccc2)c(C)c1. The highest BCUT2D eigenvalue weighted by Gasteiger charge is 2.22. The van der Waals surface area contributed by atoms with Crippen molar-refractivity contribution in [1.82, 2.24) is 5.32 Å². The van der Waals surface area contributed by atoms with Crippen molar-refractivity contribution in [1.29, 1.82) is 0 Å². The minimum atomic E-state index is -3.51. The maximum absolute atomic E-state index is 13.4. The maximum Gasteiger partial charge on any atom is 0.252 e. The Morgan fingerprint density at radius 2 is 1.42 bits per heavy atom. The van der Waals surface area contributed by atoms with Gasteiger partial charge in [0.05, 0.1) is 24.5 Å². The van der Waals surface area contributed by atoms with Gasteiger partial charge in [0.1, 0.15) is 0 Å². The van der Waals surface area contributed by atoms with Gasteiger partial charge in [-0.3, -0.25) is 9.10 Å². The molecule has 1 amide bonds. The molecule has 0 aliphatic carbocycles. The second-order valence-electron chi connectivity index (χ2n) is 9.93. The van der Waals surface area contributed by atoms with Crippen LogP contribution in [0.1, 0.15) is 55.3 Å². The van der Waals surface area contributed by atoms with Crippen LogP contribution in [0.2, 0.25) is 0 Å². The first-order chi connectivity index (χ1) is 18.0. The van der Waals surface area contributed by atoms with Crippen molar-refractivity contribution < 1.29 is 13.2 Å². The molecule has 1 atom stereocenters. The van der Waals surface area contributed by atoms with Crippen molar-refractivity contribution in [2.75, 3.05) is 10.6 Å². The number of sulfonamides is 1. The molecule has 0 bridgehead atoms. The molecule has 0 aliphatic heterocycles. The van der Waals surface area contributed by atoms with Gasteiger partial charge in [-0.15, -0.1) is 0 Å². The standard InChI is InChI=1S/C32H34N2O3S/c1-22-12-18-29(25(4)19-22)31(27-9-7-6-8-10-27)33-32(35)28-16-14-26(15-17-28)21-34(38(5,36)37)30-20-23(2)11-13-24(30)3/h6-20,31H,21H2,1-5H3,(H,33,35). The molecule has 196 valence electrons. The molecule has 1 unspecified atom stereocenters. The van der Waals surface area contributed by atoms with Crippen molar-refractivity contribution in [2.45, 2.75) is 40.3 Å². The van der Waals surface area contributed by atoms with E-state index in [9.17, 15) is 13.2 Å². The van der Waals surface area contributed by atoms with E-state index in [1.807, 2.05) is 74.5 Å². The number of nitrogens with one attached hydrogen (secondary N) is 1. The third-order valence-electron chi connectivity index (χ3n) is 6.72. The van der Waals surface area contributed by atoms with Crippen LogP contribution in [-0.4, -0.2) is 20.6 Å². The second kappa shape index (κ2) is 11.2. The Balaban J connectivity index is 1.58. The van der Waals surface area contributed by atoms with Crippen LogP contribution in [0.3, 0.4) is 0 Å². The molecule has 0 saturated heterocycles. The number of carbonyl (C=O) groups is 1. The molecule has 0 aromatic heterocycles. The smallest absolute Gasteiger partial charge is 0.252 e. The van der Waals surface area contributed by atoms with E-state index < -0.39 is 10.0 Å². The van der Waals surface area contributed by atoms with Gasteiger partial charge in [-0.25, -0.2) is 8.42 Å². The van der Waals surface area contributed by atoms with Gasteiger partial charge in [-0.2, -0.15) is 0 Å². The Bertz CT molecular complexity index is 1550. The minimum absolute atomic E-state index is 0.181. The third-order valence-corrected chi connectivity index (χ3v) is 7.85. The summed E-state index contributed by atoms with van der Waals surface area (Å²) in [6.45, 7) is 8.14. The van der Waals surface area contributed by atoms with Gasteiger partial charge in [-0.05, 0) is 79.3 Å². The van der Waals surface area contributed by atoms with Crippen LogP contribution in [0.5, 0.6) is 0 Å². The maximum atomic E-state index is 13.4. The van der Waals surface area contributed by atoms with Crippen LogP contribution in [0.25, 0.3) is 0 Å². The highest BCUT2D eigenvalue weighted by atomic mass is 32.2. The summed E-state index contributed by atoms with van der Waals surface area (Å²) < 4.78 is 26.8. The zero-order chi connectivity index (χ0) is 27.4. The molecule has 5 nitrogen and oxygen atoms in total. The van der Waals surface area contributed by atoms with Crippen molar-refractivity contribution in [3.8, 4) is 0 Å². The zero-order valence-electron chi connectivity index (χ0n) is 22.5. The molecule has 0 aliphatic rings. The predicted octanol–water partition coefficient (Wildman–Crippen LogP) is 6.41. The molecular weight excluding hydrogens is 492 g/mol. The lowest BCUT2D eigenvalue weighted by Crippen LogP contribution is -2.30. The first-order valence-electron chi connectivity index (χ1n) is 12.6. The number of amides is 1. The third kappa shape index (κ3) is 6.32. The van der Waals surface area contributed by atoms with E-state index >= 15 is 0 Å². The molecule has 4 rings (SSSR count). The normalized spacial score (nSPS) is 12.1. The molecule has 0 spiro atoms. The number of hydrogen-bond acceptors (Lipinski definition) is 3. The fraction of sp³-hybridized carbons (Fsp3) is 0.219. The van der Waals surface area contributed by atoms with E-state index in [1.165, 1.54) is 16.1 Å². The Kier molecular flexibility index (Phi) is 8.02. The lowest BCUT2D eigenvalue weighted by molar-refractivity contribution is 0.0943. The molecule has 0 fully saturated rings. The largest absolute Gasteiger partial charge is 0.341 e. The lowest BCUT2D eigenvalue weighted by atomic mass is 9.93. The van der Waals surface area contributed by atoms with Gasteiger partial charge in [-0.1, -0.05) is 78.4 Å². The highest BCUT2D eigenvalue weighted by Crippen LogP contribution is 2.28. The van der Waals surface area contributed by atoms with Crippen LogP contribution >= 0.6 is 0 Å². The van der Waals surface area contributed by atoms with Gasteiger partial charge in [0, 0.05) is 5.56 Å². The Labute approximate surface area is 226 Å². The van der Waals surface area contributed by atoms with Gasteiger partial charge in [0.15, 0.2) is 0 Å². The van der Waals surface area contributed by atoms with Crippen molar-refractivity contribution in [3.05, 3.63) is 136 Å². The fourth-order valence-corrected chi connectivity index (χ4v) is 5.58. The van der Waals surface area contributed by atoms with Gasteiger partial charge in [0.2, 0.25) is 10.0 Å².